The standard InChI is InChI=1S/C21H18N4O3/c1-28-16-9-13(8-15(26)10-16)19-11-17-18(25-19)6-7-23-21(17)24-14-4-2-12(3-5-14)20(22)27/h2-11,25-26H,1H3,(H2,22,27)(H,23,24). The molecule has 140 valence electrons. The molecule has 0 spiro atoms. The summed E-state index contributed by atoms with van der Waals surface area (Å²) in [6, 6.07) is 15.7. The van der Waals surface area contributed by atoms with Crippen molar-refractivity contribution >= 4 is 28.3 Å². The van der Waals surface area contributed by atoms with Crippen molar-refractivity contribution in [3.05, 3.63) is 66.4 Å². The zero-order valence-corrected chi connectivity index (χ0v) is 15.1. The van der Waals surface area contributed by atoms with Gasteiger partial charge in [-0.05, 0) is 48.5 Å². The van der Waals surface area contributed by atoms with Crippen LogP contribution in [0.2, 0.25) is 0 Å². The lowest BCUT2D eigenvalue weighted by molar-refractivity contribution is 0.100. The van der Waals surface area contributed by atoms with Crippen LogP contribution in [-0.4, -0.2) is 28.1 Å². The van der Waals surface area contributed by atoms with Crippen molar-refractivity contribution in [1.29, 1.82) is 0 Å². The Kier molecular flexibility index (Phi) is 4.33. The van der Waals surface area contributed by atoms with Gasteiger partial charge in [0.2, 0.25) is 5.91 Å². The maximum Gasteiger partial charge on any atom is 0.248 e. The molecule has 0 aliphatic carbocycles. The minimum Gasteiger partial charge on any atom is -0.508 e. The number of primary amides is 1. The number of nitrogens with one attached hydrogen (secondary N) is 2. The number of aromatic nitrogens is 2. The smallest absolute Gasteiger partial charge is 0.248 e. The number of methoxy groups -OCH3 is 1. The second-order valence-electron chi connectivity index (χ2n) is 6.29. The van der Waals surface area contributed by atoms with Gasteiger partial charge in [-0.1, -0.05) is 0 Å². The fraction of sp³-hybridized carbons (Fsp3) is 0.0476. The largest absolute Gasteiger partial charge is 0.508 e. The van der Waals surface area contributed by atoms with E-state index in [1.54, 1.807) is 49.7 Å². The molecule has 7 heteroatoms. The molecule has 1 amide bonds. The third-order valence-electron chi connectivity index (χ3n) is 4.42. The van der Waals surface area contributed by atoms with Crippen LogP contribution in [0.25, 0.3) is 22.2 Å². The number of rotatable bonds is 5. The zero-order chi connectivity index (χ0) is 19.7. The van der Waals surface area contributed by atoms with Gasteiger partial charge >= 0.3 is 0 Å². The van der Waals surface area contributed by atoms with E-state index in [0.29, 0.717) is 17.1 Å². The first-order chi connectivity index (χ1) is 13.5. The van der Waals surface area contributed by atoms with Gasteiger partial charge in [-0.3, -0.25) is 4.79 Å². The fourth-order valence-electron chi connectivity index (χ4n) is 3.02. The summed E-state index contributed by atoms with van der Waals surface area (Å²) in [6.45, 7) is 0. The molecule has 0 fully saturated rings. The maximum atomic E-state index is 11.2. The number of ether oxygens (including phenoxy) is 1. The molecule has 4 aromatic rings. The summed E-state index contributed by atoms with van der Waals surface area (Å²) in [5.41, 5.74) is 9.02. The van der Waals surface area contributed by atoms with Crippen molar-refractivity contribution in [1.82, 2.24) is 9.97 Å². The lowest BCUT2D eigenvalue weighted by atomic mass is 10.1. The summed E-state index contributed by atoms with van der Waals surface area (Å²) < 4.78 is 5.23. The van der Waals surface area contributed by atoms with Crippen LogP contribution in [0.15, 0.2) is 60.8 Å². The average Bonchev–Trinajstić information content (AvgIpc) is 3.13. The van der Waals surface area contributed by atoms with E-state index in [1.165, 1.54) is 0 Å². The third-order valence-corrected chi connectivity index (χ3v) is 4.42. The third kappa shape index (κ3) is 3.33. The van der Waals surface area contributed by atoms with Crippen molar-refractivity contribution < 1.29 is 14.6 Å². The van der Waals surface area contributed by atoms with Crippen molar-refractivity contribution in [3.8, 4) is 22.8 Å². The molecule has 0 unspecified atom stereocenters. The summed E-state index contributed by atoms with van der Waals surface area (Å²) in [6.07, 6.45) is 1.70. The Morgan fingerprint density at radius 3 is 2.64 bits per heavy atom. The minimum atomic E-state index is -0.469. The number of pyridine rings is 1. The number of phenols is 1. The Hall–Kier alpha value is -4.00. The number of hydrogen-bond donors (Lipinski definition) is 4. The highest BCUT2D eigenvalue weighted by molar-refractivity contribution is 5.96. The normalized spacial score (nSPS) is 10.8. The summed E-state index contributed by atoms with van der Waals surface area (Å²) in [4.78, 5) is 19.0. The van der Waals surface area contributed by atoms with Crippen LogP contribution >= 0.6 is 0 Å². The summed E-state index contributed by atoms with van der Waals surface area (Å²) in [5.74, 6) is 0.890. The Balaban J connectivity index is 1.71. The highest BCUT2D eigenvalue weighted by Gasteiger charge is 2.11. The maximum absolute atomic E-state index is 11.2. The molecule has 2 aromatic heterocycles. The SMILES string of the molecule is COc1cc(O)cc(-c2cc3c(Nc4ccc(C(N)=O)cc4)nccc3[nH]2)c1. The fourth-order valence-corrected chi connectivity index (χ4v) is 3.02. The van der Waals surface area contributed by atoms with Crippen LogP contribution in [-0.2, 0) is 0 Å². The number of hydrogen-bond acceptors (Lipinski definition) is 5. The number of phenolic OH excluding ortho intramolecular Hbond substituents is 1. The van der Waals surface area contributed by atoms with Crippen molar-refractivity contribution in [3.63, 3.8) is 0 Å². The molecule has 2 aromatic carbocycles. The number of benzene rings is 2. The Labute approximate surface area is 160 Å². The van der Waals surface area contributed by atoms with Crippen LogP contribution in [0, 0.1) is 0 Å². The van der Waals surface area contributed by atoms with Crippen molar-refractivity contribution in [2.24, 2.45) is 5.73 Å². The first-order valence-corrected chi connectivity index (χ1v) is 8.56. The van der Waals surface area contributed by atoms with Crippen LogP contribution in [0.4, 0.5) is 11.5 Å². The van der Waals surface area contributed by atoms with Gasteiger partial charge in [-0.25, -0.2) is 4.98 Å². The van der Waals surface area contributed by atoms with E-state index >= 15 is 0 Å². The van der Waals surface area contributed by atoms with Crippen LogP contribution in [0.3, 0.4) is 0 Å². The number of H-pyrrole nitrogens is 1. The van der Waals surface area contributed by atoms with E-state index in [-0.39, 0.29) is 5.75 Å². The van der Waals surface area contributed by atoms with Gasteiger partial charge in [0.1, 0.15) is 17.3 Å². The van der Waals surface area contributed by atoms with Gasteiger partial charge in [-0.2, -0.15) is 0 Å². The predicted octanol–water partition coefficient (Wildman–Crippen LogP) is 3.79. The molecular formula is C21H18N4O3. The van der Waals surface area contributed by atoms with E-state index in [4.69, 9.17) is 10.5 Å². The highest BCUT2D eigenvalue weighted by atomic mass is 16.5. The first-order valence-electron chi connectivity index (χ1n) is 8.56. The average molecular weight is 374 g/mol. The number of nitrogens with zero attached hydrogens (tertiary/aromatic N) is 1. The Morgan fingerprint density at radius 2 is 1.93 bits per heavy atom. The molecule has 4 rings (SSSR count). The van der Waals surface area contributed by atoms with E-state index < -0.39 is 5.91 Å². The molecule has 7 nitrogen and oxygen atoms in total. The molecule has 28 heavy (non-hydrogen) atoms. The van der Waals surface area contributed by atoms with Crippen LogP contribution in [0.5, 0.6) is 11.5 Å². The lowest BCUT2D eigenvalue weighted by Gasteiger charge is -2.07. The number of carbonyl (C=O) groups excluding carboxylic acids is 1. The van der Waals surface area contributed by atoms with Crippen LogP contribution in [0.1, 0.15) is 10.4 Å². The van der Waals surface area contributed by atoms with Gasteiger partial charge in [0, 0.05) is 40.2 Å². The molecule has 0 bridgehead atoms. The number of nitrogens with two attached hydrogens (primary N) is 1. The van der Waals surface area contributed by atoms with E-state index in [2.05, 4.69) is 15.3 Å². The van der Waals surface area contributed by atoms with E-state index in [0.717, 1.165) is 27.8 Å². The summed E-state index contributed by atoms with van der Waals surface area (Å²) in [5, 5.41) is 14.1. The molecular weight excluding hydrogens is 356 g/mol. The molecule has 0 aliphatic rings. The predicted molar refractivity (Wildman–Crippen MR) is 108 cm³/mol. The number of carbonyl (C=O) groups is 1. The Bertz CT molecular complexity index is 1170. The van der Waals surface area contributed by atoms with Gasteiger partial charge in [0.25, 0.3) is 0 Å². The molecule has 0 radical (unpaired) electrons. The lowest BCUT2D eigenvalue weighted by Crippen LogP contribution is -2.10. The van der Waals surface area contributed by atoms with Gasteiger partial charge in [-0.15, -0.1) is 0 Å². The van der Waals surface area contributed by atoms with Gasteiger partial charge in [0.15, 0.2) is 0 Å². The summed E-state index contributed by atoms with van der Waals surface area (Å²) in [7, 11) is 1.55. The minimum absolute atomic E-state index is 0.124. The Morgan fingerprint density at radius 1 is 1.14 bits per heavy atom. The second-order valence-corrected chi connectivity index (χ2v) is 6.29. The number of amides is 1. The van der Waals surface area contributed by atoms with Crippen molar-refractivity contribution in [2.75, 3.05) is 12.4 Å². The van der Waals surface area contributed by atoms with E-state index in [9.17, 15) is 9.90 Å². The van der Waals surface area contributed by atoms with Gasteiger partial charge in [0.05, 0.1) is 12.6 Å². The first kappa shape index (κ1) is 17.4. The zero-order valence-electron chi connectivity index (χ0n) is 15.1. The number of aromatic hydroxyl groups is 1. The molecule has 2 heterocycles. The monoisotopic (exact) mass is 374 g/mol. The van der Waals surface area contributed by atoms with Crippen LogP contribution < -0.4 is 15.8 Å². The molecule has 0 aliphatic heterocycles. The van der Waals surface area contributed by atoms with Crippen molar-refractivity contribution in [2.45, 2.75) is 0 Å². The topological polar surface area (TPSA) is 113 Å². The van der Waals surface area contributed by atoms with E-state index in [1.807, 2.05) is 18.2 Å². The summed E-state index contributed by atoms with van der Waals surface area (Å²) >= 11 is 0. The molecule has 5 N–H and O–H groups in total. The molecule has 0 saturated heterocycles. The number of aromatic amines is 1. The number of anilines is 2. The number of fused-ring (bicyclic) bond motifs is 1. The molecule has 0 atom stereocenters. The highest BCUT2D eigenvalue weighted by Crippen LogP contribution is 2.33. The van der Waals surface area contributed by atoms with Gasteiger partial charge < -0.3 is 25.9 Å². The second kappa shape index (κ2) is 6.96. The molecule has 0 saturated carbocycles. The quantitative estimate of drug-likeness (QED) is 0.424.